The predicted octanol–water partition coefficient (Wildman–Crippen LogP) is 4.30. The van der Waals surface area contributed by atoms with E-state index in [0.717, 1.165) is 12.1 Å². The zero-order valence-electron chi connectivity index (χ0n) is 15.3. The first-order chi connectivity index (χ1) is 12.8. The highest BCUT2D eigenvalue weighted by molar-refractivity contribution is 6.33. The molecule has 0 spiro atoms. The average Bonchev–Trinajstić information content (AvgIpc) is 2.60. The van der Waals surface area contributed by atoms with E-state index in [2.05, 4.69) is 5.32 Å². The van der Waals surface area contributed by atoms with E-state index in [9.17, 15) is 14.0 Å². The molecule has 0 aliphatic rings. The zero-order valence-corrected chi connectivity index (χ0v) is 16.0. The molecule has 0 saturated carbocycles. The van der Waals surface area contributed by atoms with E-state index >= 15 is 0 Å². The number of hydrogen-bond donors (Lipinski definition) is 1. The van der Waals surface area contributed by atoms with E-state index in [-0.39, 0.29) is 23.1 Å². The molecule has 0 unspecified atom stereocenters. The smallest absolute Gasteiger partial charge is 0.308 e. The second kappa shape index (κ2) is 9.37. The van der Waals surface area contributed by atoms with Crippen LogP contribution in [0.4, 0.5) is 4.39 Å². The molecular weight excluding hydrogens is 373 g/mol. The van der Waals surface area contributed by atoms with E-state index in [1.165, 1.54) is 6.07 Å². The fourth-order valence-corrected chi connectivity index (χ4v) is 2.73. The lowest BCUT2D eigenvalue weighted by molar-refractivity contribution is -0.147. The fraction of sp³-hybridized carbons (Fsp3) is 0.300. The van der Waals surface area contributed by atoms with Crippen molar-refractivity contribution in [2.45, 2.75) is 32.4 Å². The molecule has 1 atom stereocenters. The molecule has 1 amide bonds. The topological polar surface area (TPSA) is 64.6 Å². The third kappa shape index (κ3) is 5.96. The maximum atomic E-state index is 13.2. The predicted molar refractivity (Wildman–Crippen MR) is 100 cm³/mol. The maximum Gasteiger partial charge on any atom is 0.308 e. The van der Waals surface area contributed by atoms with Crippen molar-refractivity contribution in [3.8, 4) is 5.75 Å². The quantitative estimate of drug-likeness (QED) is 0.712. The lowest BCUT2D eigenvalue weighted by atomic mass is 10.0. The first-order valence-electron chi connectivity index (χ1n) is 8.39. The minimum absolute atomic E-state index is 0.00858. The first-order valence-corrected chi connectivity index (χ1v) is 8.77. The summed E-state index contributed by atoms with van der Waals surface area (Å²) in [4.78, 5) is 24.7. The normalized spacial score (nSPS) is 11.8. The molecule has 144 valence electrons. The van der Waals surface area contributed by atoms with Crippen molar-refractivity contribution >= 4 is 23.5 Å². The van der Waals surface area contributed by atoms with Gasteiger partial charge in [-0.25, -0.2) is 4.39 Å². The molecule has 0 fully saturated rings. The van der Waals surface area contributed by atoms with Crippen LogP contribution in [0.2, 0.25) is 5.02 Å². The first kappa shape index (κ1) is 20.7. The van der Waals surface area contributed by atoms with Crippen molar-refractivity contribution in [1.82, 2.24) is 5.32 Å². The van der Waals surface area contributed by atoms with Gasteiger partial charge in [-0.15, -0.1) is 0 Å². The summed E-state index contributed by atoms with van der Waals surface area (Å²) in [5, 5.41) is 2.76. The van der Waals surface area contributed by atoms with Crippen LogP contribution in [-0.4, -0.2) is 25.1 Å². The number of halogens is 2. The molecular formula is C20H21ClFNO4. The number of benzene rings is 2. The van der Waals surface area contributed by atoms with Crippen LogP contribution >= 0.6 is 11.6 Å². The number of carbonyl (C=O) groups is 2. The Morgan fingerprint density at radius 1 is 1.15 bits per heavy atom. The van der Waals surface area contributed by atoms with Gasteiger partial charge in [0.05, 0.1) is 36.3 Å². The van der Waals surface area contributed by atoms with Crippen molar-refractivity contribution in [1.29, 1.82) is 0 Å². The van der Waals surface area contributed by atoms with E-state index in [0.29, 0.717) is 11.3 Å². The number of hydrogen-bond acceptors (Lipinski definition) is 4. The van der Waals surface area contributed by atoms with Gasteiger partial charge in [0.2, 0.25) is 0 Å². The van der Waals surface area contributed by atoms with Crippen LogP contribution < -0.4 is 10.1 Å². The highest BCUT2D eigenvalue weighted by atomic mass is 35.5. The molecule has 0 radical (unpaired) electrons. The number of methoxy groups -OCH3 is 1. The van der Waals surface area contributed by atoms with Crippen molar-refractivity contribution in [3.05, 3.63) is 64.4 Å². The molecule has 0 aliphatic carbocycles. The minimum Gasteiger partial charge on any atom is -0.497 e. The van der Waals surface area contributed by atoms with Gasteiger partial charge in [-0.2, -0.15) is 0 Å². The molecule has 1 N–H and O–H groups in total. The van der Waals surface area contributed by atoms with E-state index in [1.54, 1.807) is 45.2 Å². The summed E-state index contributed by atoms with van der Waals surface area (Å²) in [7, 11) is 1.55. The van der Waals surface area contributed by atoms with E-state index in [1.807, 2.05) is 0 Å². The van der Waals surface area contributed by atoms with Crippen LogP contribution in [0.5, 0.6) is 5.75 Å². The molecule has 0 heterocycles. The molecule has 0 aromatic heterocycles. The van der Waals surface area contributed by atoms with Crippen LogP contribution in [-0.2, 0) is 9.53 Å². The Balaban J connectivity index is 2.24. The molecule has 27 heavy (non-hydrogen) atoms. The summed E-state index contributed by atoms with van der Waals surface area (Å²) in [6, 6.07) is 9.82. The zero-order chi connectivity index (χ0) is 20.0. The summed E-state index contributed by atoms with van der Waals surface area (Å²) in [6.45, 7) is 3.49. The molecule has 2 rings (SSSR count). The number of carbonyl (C=O) groups excluding carboxylic acids is 2. The summed E-state index contributed by atoms with van der Waals surface area (Å²) >= 11 is 5.96. The standard InChI is InChI=1S/C20H21ClFNO4/c1-12(2)27-19(24)11-18(13-4-7-15(26-3)8-5-13)23-20(25)16-9-6-14(22)10-17(16)21/h4-10,12,18H,11H2,1-3H3,(H,23,25)/t18-/m1/s1. The van der Waals surface area contributed by atoms with Gasteiger partial charge in [0, 0.05) is 0 Å². The molecule has 7 heteroatoms. The Kier molecular flexibility index (Phi) is 7.19. The lowest BCUT2D eigenvalue weighted by Gasteiger charge is -2.20. The van der Waals surface area contributed by atoms with E-state index in [4.69, 9.17) is 21.1 Å². The van der Waals surface area contributed by atoms with Crippen molar-refractivity contribution < 1.29 is 23.5 Å². The van der Waals surface area contributed by atoms with Crippen molar-refractivity contribution in [2.24, 2.45) is 0 Å². The van der Waals surface area contributed by atoms with Gasteiger partial charge >= 0.3 is 5.97 Å². The summed E-state index contributed by atoms with van der Waals surface area (Å²) in [5.74, 6) is -0.853. The van der Waals surface area contributed by atoms with E-state index < -0.39 is 23.7 Å². The second-order valence-electron chi connectivity index (χ2n) is 6.17. The molecule has 0 saturated heterocycles. The monoisotopic (exact) mass is 393 g/mol. The molecule has 5 nitrogen and oxygen atoms in total. The summed E-state index contributed by atoms with van der Waals surface area (Å²) in [5.41, 5.74) is 0.817. The second-order valence-corrected chi connectivity index (χ2v) is 6.57. The van der Waals surface area contributed by atoms with Crippen molar-refractivity contribution in [2.75, 3.05) is 7.11 Å². The Hall–Kier alpha value is -2.60. The average molecular weight is 394 g/mol. The third-order valence-electron chi connectivity index (χ3n) is 3.74. The van der Waals surface area contributed by atoms with Gasteiger partial charge in [0.1, 0.15) is 11.6 Å². The number of rotatable bonds is 7. The highest BCUT2D eigenvalue weighted by Gasteiger charge is 2.22. The van der Waals surface area contributed by atoms with Gasteiger partial charge in [0.15, 0.2) is 0 Å². The van der Waals surface area contributed by atoms with Crippen LogP contribution in [0, 0.1) is 5.82 Å². The van der Waals surface area contributed by atoms with Gasteiger partial charge in [0.25, 0.3) is 5.91 Å². The molecule has 0 aliphatic heterocycles. The summed E-state index contributed by atoms with van der Waals surface area (Å²) in [6.07, 6.45) is -0.328. The van der Waals surface area contributed by atoms with Gasteiger partial charge in [-0.05, 0) is 49.7 Å². The van der Waals surface area contributed by atoms with Crippen LogP contribution in [0.15, 0.2) is 42.5 Å². The lowest BCUT2D eigenvalue weighted by Crippen LogP contribution is -2.31. The minimum atomic E-state index is -0.643. The third-order valence-corrected chi connectivity index (χ3v) is 4.05. The summed E-state index contributed by atoms with van der Waals surface area (Å²) < 4.78 is 23.5. The Morgan fingerprint density at radius 2 is 1.81 bits per heavy atom. The van der Waals surface area contributed by atoms with Crippen LogP contribution in [0.1, 0.15) is 42.2 Å². The molecule has 2 aromatic carbocycles. The highest BCUT2D eigenvalue weighted by Crippen LogP contribution is 2.23. The largest absolute Gasteiger partial charge is 0.497 e. The number of ether oxygens (including phenoxy) is 2. The number of nitrogens with one attached hydrogen (secondary N) is 1. The van der Waals surface area contributed by atoms with Crippen molar-refractivity contribution in [3.63, 3.8) is 0 Å². The van der Waals surface area contributed by atoms with Gasteiger partial charge in [-0.1, -0.05) is 23.7 Å². The SMILES string of the molecule is COc1ccc([C@@H](CC(=O)OC(C)C)NC(=O)c2ccc(F)cc2Cl)cc1. The molecule has 0 bridgehead atoms. The maximum absolute atomic E-state index is 13.2. The van der Waals surface area contributed by atoms with Gasteiger partial charge < -0.3 is 14.8 Å². The number of amides is 1. The Bertz CT molecular complexity index is 808. The Morgan fingerprint density at radius 3 is 2.37 bits per heavy atom. The Labute approximate surface area is 162 Å². The van der Waals surface area contributed by atoms with Crippen LogP contribution in [0.3, 0.4) is 0 Å². The fourth-order valence-electron chi connectivity index (χ4n) is 2.48. The van der Waals surface area contributed by atoms with Gasteiger partial charge in [-0.3, -0.25) is 9.59 Å². The van der Waals surface area contributed by atoms with Crippen LogP contribution in [0.25, 0.3) is 0 Å². The molecule has 2 aromatic rings. The number of esters is 1.